The van der Waals surface area contributed by atoms with Crippen LogP contribution >= 0.6 is 11.8 Å². The molecule has 1 amide bonds. The molecule has 7 heteroatoms. The molecule has 3 rings (SSSR count). The largest absolute Gasteiger partial charge is 0.342 e. The Bertz CT molecular complexity index is 693. The smallest absolute Gasteiger partial charge is 0.253 e. The standard InChI is InChI=1S/C15H21N5OS/c1-10-9-11(2)20-14(16-10)17-15(18-20)22-12(3)13(21)19-7-5-4-6-8-19/h9,12H,4-8H2,1-3H3/t12-/m1/s1. The third-order valence-corrected chi connectivity index (χ3v) is 4.84. The number of carbonyl (C=O) groups is 1. The second-order valence-electron chi connectivity index (χ2n) is 5.79. The second-order valence-corrected chi connectivity index (χ2v) is 7.10. The van der Waals surface area contributed by atoms with Gasteiger partial charge in [-0.3, -0.25) is 4.79 Å². The van der Waals surface area contributed by atoms with E-state index < -0.39 is 0 Å². The van der Waals surface area contributed by atoms with E-state index in [0.29, 0.717) is 10.9 Å². The number of fused-ring (bicyclic) bond motifs is 1. The monoisotopic (exact) mass is 319 g/mol. The molecule has 0 radical (unpaired) electrons. The zero-order chi connectivity index (χ0) is 15.7. The minimum atomic E-state index is -0.170. The molecule has 1 aliphatic rings. The molecule has 1 saturated heterocycles. The lowest BCUT2D eigenvalue weighted by Gasteiger charge is -2.28. The van der Waals surface area contributed by atoms with Crippen molar-refractivity contribution in [2.24, 2.45) is 0 Å². The van der Waals surface area contributed by atoms with Crippen LogP contribution in [0.3, 0.4) is 0 Å². The van der Waals surface area contributed by atoms with Crippen LogP contribution in [0.25, 0.3) is 5.78 Å². The number of nitrogens with zero attached hydrogens (tertiary/aromatic N) is 5. The molecule has 3 heterocycles. The van der Waals surface area contributed by atoms with Gasteiger partial charge in [0.25, 0.3) is 5.78 Å². The maximum atomic E-state index is 12.5. The van der Waals surface area contributed by atoms with E-state index in [1.54, 1.807) is 4.52 Å². The van der Waals surface area contributed by atoms with Crippen LogP contribution in [0.4, 0.5) is 0 Å². The molecule has 118 valence electrons. The first-order valence-corrected chi connectivity index (χ1v) is 8.59. The Morgan fingerprint density at radius 3 is 2.68 bits per heavy atom. The first-order chi connectivity index (χ1) is 10.5. The highest BCUT2D eigenvalue weighted by Crippen LogP contribution is 2.23. The number of piperidine rings is 1. The van der Waals surface area contributed by atoms with E-state index >= 15 is 0 Å². The fourth-order valence-electron chi connectivity index (χ4n) is 2.78. The second kappa shape index (κ2) is 6.24. The zero-order valence-corrected chi connectivity index (χ0v) is 14.1. The topological polar surface area (TPSA) is 63.4 Å². The van der Waals surface area contributed by atoms with Gasteiger partial charge in [-0.2, -0.15) is 4.98 Å². The molecular weight excluding hydrogens is 298 g/mol. The average Bonchev–Trinajstić information content (AvgIpc) is 2.90. The summed E-state index contributed by atoms with van der Waals surface area (Å²) in [7, 11) is 0. The van der Waals surface area contributed by atoms with Gasteiger partial charge in [0.1, 0.15) is 0 Å². The fraction of sp³-hybridized carbons (Fsp3) is 0.600. The van der Waals surface area contributed by atoms with Crippen LogP contribution in [-0.2, 0) is 4.79 Å². The molecule has 0 unspecified atom stereocenters. The van der Waals surface area contributed by atoms with Gasteiger partial charge in [0, 0.05) is 24.5 Å². The van der Waals surface area contributed by atoms with Crippen molar-refractivity contribution in [3.05, 3.63) is 17.5 Å². The lowest BCUT2D eigenvalue weighted by atomic mass is 10.1. The van der Waals surface area contributed by atoms with Crippen LogP contribution in [0.2, 0.25) is 0 Å². The Morgan fingerprint density at radius 2 is 1.95 bits per heavy atom. The van der Waals surface area contributed by atoms with Gasteiger partial charge in [0.2, 0.25) is 11.1 Å². The lowest BCUT2D eigenvalue weighted by Crippen LogP contribution is -2.40. The Labute approximate surface area is 134 Å². The van der Waals surface area contributed by atoms with E-state index in [4.69, 9.17) is 0 Å². The van der Waals surface area contributed by atoms with E-state index in [0.717, 1.165) is 37.3 Å². The molecule has 1 fully saturated rings. The SMILES string of the molecule is Cc1cc(C)n2nc(S[C@H](C)C(=O)N3CCCCC3)nc2n1. The summed E-state index contributed by atoms with van der Waals surface area (Å²) in [4.78, 5) is 23.2. The van der Waals surface area contributed by atoms with Gasteiger partial charge in [-0.25, -0.2) is 9.50 Å². The van der Waals surface area contributed by atoms with Crippen molar-refractivity contribution >= 4 is 23.4 Å². The molecular formula is C15H21N5OS. The van der Waals surface area contributed by atoms with Crippen LogP contribution in [0.15, 0.2) is 11.2 Å². The lowest BCUT2D eigenvalue weighted by molar-refractivity contribution is -0.131. The van der Waals surface area contributed by atoms with Crippen molar-refractivity contribution in [3.8, 4) is 0 Å². The molecule has 0 N–H and O–H groups in total. The fourth-order valence-corrected chi connectivity index (χ4v) is 3.61. The van der Waals surface area contributed by atoms with Crippen LogP contribution in [0.5, 0.6) is 0 Å². The number of hydrogen-bond acceptors (Lipinski definition) is 5. The third-order valence-electron chi connectivity index (χ3n) is 3.90. The van der Waals surface area contributed by atoms with Crippen LogP contribution in [-0.4, -0.2) is 48.7 Å². The number of hydrogen-bond donors (Lipinski definition) is 0. The van der Waals surface area contributed by atoms with Crippen LogP contribution in [0, 0.1) is 13.8 Å². The van der Waals surface area contributed by atoms with Gasteiger partial charge >= 0.3 is 0 Å². The minimum absolute atomic E-state index is 0.170. The number of carbonyl (C=O) groups excluding carboxylic acids is 1. The van der Waals surface area contributed by atoms with Crippen molar-refractivity contribution in [2.45, 2.75) is 50.4 Å². The highest BCUT2D eigenvalue weighted by molar-refractivity contribution is 8.00. The molecule has 1 atom stereocenters. The van der Waals surface area contributed by atoms with E-state index in [-0.39, 0.29) is 11.2 Å². The molecule has 22 heavy (non-hydrogen) atoms. The number of likely N-dealkylation sites (tertiary alicyclic amines) is 1. The zero-order valence-electron chi connectivity index (χ0n) is 13.2. The Morgan fingerprint density at radius 1 is 1.23 bits per heavy atom. The summed E-state index contributed by atoms with van der Waals surface area (Å²) in [5, 5.41) is 4.90. The van der Waals surface area contributed by atoms with Crippen molar-refractivity contribution in [2.75, 3.05) is 13.1 Å². The minimum Gasteiger partial charge on any atom is -0.342 e. The number of aromatic nitrogens is 4. The summed E-state index contributed by atoms with van der Waals surface area (Å²) < 4.78 is 1.73. The highest BCUT2D eigenvalue weighted by Gasteiger charge is 2.24. The van der Waals surface area contributed by atoms with E-state index in [1.165, 1.54) is 18.2 Å². The summed E-state index contributed by atoms with van der Waals surface area (Å²) in [6.45, 7) is 7.60. The Balaban J connectivity index is 1.74. The molecule has 0 saturated carbocycles. The number of rotatable bonds is 3. The van der Waals surface area contributed by atoms with Crippen molar-refractivity contribution in [1.82, 2.24) is 24.5 Å². The summed E-state index contributed by atoms with van der Waals surface area (Å²) >= 11 is 1.41. The van der Waals surface area contributed by atoms with E-state index in [9.17, 15) is 4.79 Å². The van der Waals surface area contributed by atoms with Gasteiger partial charge < -0.3 is 4.90 Å². The molecule has 6 nitrogen and oxygen atoms in total. The maximum Gasteiger partial charge on any atom is 0.253 e. The number of amides is 1. The third kappa shape index (κ3) is 3.09. The van der Waals surface area contributed by atoms with Gasteiger partial charge in [-0.1, -0.05) is 11.8 Å². The van der Waals surface area contributed by atoms with Crippen molar-refractivity contribution < 1.29 is 4.79 Å². The Kier molecular flexibility index (Phi) is 4.33. The van der Waals surface area contributed by atoms with Crippen molar-refractivity contribution in [3.63, 3.8) is 0 Å². The van der Waals surface area contributed by atoms with Gasteiger partial charge in [-0.05, 0) is 46.1 Å². The molecule has 2 aromatic heterocycles. The predicted octanol–water partition coefficient (Wildman–Crippen LogP) is 2.23. The quantitative estimate of drug-likeness (QED) is 0.812. The van der Waals surface area contributed by atoms with Crippen LogP contribution in [0.1, 0.15) is 37.6 Å². The van der Waals surface area contributed by atoms with Gasteiger partial charge in [-0.15, -0.1) is 5.10 Å². The summed E-state index contributed by atoms with van der Waals surface area (Å²) in [5.41, 5.74) is 1.92. The van der Waals surface area contributed by atoms with Gasteiger partial charge in [0.05, 0.1) is 5.25 Å². The predicted molar refractivity (Wildman–Crippen MR) is 86.0 cm³/mol. The molecule has 0 aliphatic carbocycles. The van der Waals surface area contributed by atoms with E-state index in [1.807, 2.05) is 31.7 Å². The van der Waals surface area contributed by atoms with Gasteiger partial charge in [0.15, 0.2) is 0 Å². The summed E-state index contributed by atoms with van der Waals surface area (Å²) in [6.07, 6.45) is 3.44. The number of thioether (sulfide) groups is 1. The summed E-state index contributed by atoms with van der Waals surface area (Å²) in [6, 6.07) is 1.97. The molecule has 2 aromatic rings. The molecule has 1 aliphatic heterocycles. The summed E-state index contributed by atoms with van der Waals surface area (Å²) in [5.74, 6) is 0.780. The normalized spacial score (nSPS) is 17.0. The molecule has 0 aromatic carbocycles. The molecule has 0 bridgehead atoms. The Hall–Kier alpha value is -1.63. The van der Waals surface area contributed by atoms with Crippen LogP contribution < -0.4 is 0 Å². The van der Waals surface area contributed by atoms with Crippen molar-refractivity contribution in [1.29, 1.82) is 0 Å². The number of aryl methyl sites for hydroxylation is 2. The highest BCUT2D eigenvalue weighted by atomic mass is 32.2. The molecule has 0 spiro atoms. The first-order valence-electron chi connectivity index (χ1n) is 7.71. The first kappa shape index (κ1) is 15.3. The average molecular weight is 319 g/mol. The van der Waals surface area contributed by atoms with E-state index in [2.05, 4.69) is 15.1 Å². The maximum absolute atomic E-state index is 12.5.